The Bertz CT molecular complexity index is 302. The molecule has 1 aromatic heterocycles. The molecular formula is C6H2BrF5S. The van der Waals surface area contributed by atoms with Gasteiger partial charge in [-0.25, -0.2) is 0 Å². The molecule has 1 rings (SSSR count). The van der Waals surface area contributed by atoms with Gasteiger partial charge in [-0.3, -0.25) is 0 Å². The lowest BCUT2D eigenvalue weighted by molar-refractivity contribution is -0.287. The van der Waals surface area contributed by atoms with Gasteiger partial charge in [0.1, 0.15) is 0 Å². The van der Waals surface area contributed by atoms with Crippen molar-refractivity contribution in [3.8, 4) is 0 Å². The lowest BCUT2D eigenvalue weighted by Gasteiger charge is -2.17. The van der Waals surface area contributed by atoms with Gasteiger partial charge >= 0.3 is 12.1 Å². The molecule has 0 nitrogen and oxygen atoms in total. The minimum Gasteiger partial charge on any atom is -0.190 e. The molecule has 0 aliphatic rings. The van der Waals surface area contributed by atoms with E-state index in [0.717, 1.165) is 12.1 Å². The summed E-state index contributed by atoms with van der Waals surface area (Å²) < 4.78 is 60.6. The largest absolute Gasteiger partial charge is 0.458 e. The van der Waals surface area contributed by atoms with Gasteiger partial charge in [0.15, 0.2) is 0 Å². The summed E-state index contributed by atoms with van der Waals surface area (Å²) >= 11 is 3.18. The lowest BCUT2D eigenvalue weighted by atomic mass is 10.3. The molecule has 0 aromatic carbocycles. The highest BCUT2D eigenvalue weighted by Gasteiger charge is 2.59. The van der Waals surface area contributed by atoms with Crippen molar-refractivity contribution in [1.29, 1.82) is 0 Å². The lowest BCUT2D eigenvalue weighted by Crippen LogP contribution is -2.32. The molecule has 0 saturated heterocycles. The van der Waals surface area contributed by atoms with Gasteiger partial charge in [0.25, 0.3) is 0 Å². The van der Waals surface area contributed by atoms with Crippen molar-refractivity contribution in [2.24, 2.45) is 0 Å². The Morgan fingerprint density at radius 1 is 1.08 bits per heavy atom. The maximum atomic E-state index is 12.5. The van der Waals surface area contributed by atoms with E-state index in [1.165, 1.54) is 0 Å². The molecule has 0 bridgehead atoms. The molecule has 7 heteroatoms. The van der Waals surface area contributed by atoms with Gasteiger partial charge in [-0.1, -0.05) is 0 Å². The number of hydrogen-bond acceptors (Lipinski definition) is 1. The van der Waals surface area contributed by atoms with E-state index in [0.29, 0.717) is 11.3 Å². The highest BCUT2D eigenvalue weighted by molar-refractivity contribution is 9.11. The van der Waals surface area contributed by atoms with E-state index in [-0.39, 0.29) is 3.79 Å². The van der Waals surface area contributed by atoms with Crippen molar-refractivity contribution in [3.05, 3.63) is 20.8 Å². The molecular weight excluding hydrogens is 279 g/mol. The molecule has 0 unspecified atom stereocenters. The van der Waals surface area contributed by atoms with Gasteiger partial charge in [0.2, 0.25) is 0 Å². The molecule has 0 spiro atoms. The molecule has 0 fully saturated rings. The molecule has 74 valence electrons. The molecule has 0 atom stereocenters. The minimum absolute atomic E-state index is 0.242. The van der Waals surface area contributed by atoms with Crippen LogP contribution < -0.4 is 0 Å². The number of hydrogen-bond donors (Lipinski definition) is 0. The average molecular weight is 281 g/mol. The van der Waals surface area contributed by atoms with Crippen LogP contribution in [0.5, 0.6) is 0 Å². The summed E-state index contributed by atoms with van der Waals surface area (Å²) in [5.74, 6) is -4.76. The third-order valence-electron chi connectivity index (χ3n) is 1.24. The number of halogens is 6. The summed E-state index contributed by atoms with van der Waals surface area (Å²) in [6, 6.07) is 1.90. The maximum Gasteiger partial charge on any atom is 0.458 e. The Hall–Kier alpha value is -0.170. The first-order valence-electron chi connectivity index (χ1n) is 2.95. The summed E-state index contributed by atoms with van der Waals surface area (Å²) in [4.78, 5) is -1.01. The van der Waals surface area contributed by atoms with Crippen LogP contribution in [0.15, 0.2) is 15.9 Å². The minimum atomic E-state index is -5.53. The summed E-state index contributed by atoms with van der Waals surface area (Å²) in [6.07, 6.45) is -5.53. The van der Waals surface area contributed by atoms with E-state index in [4.69, 9.17) is 0 Å². The van der Waals surface area contributed by atoms with Crippen LogP contribution in [-0.4, -0.2) is 6.18 Å². The van der Waals surface area contributed by atoms with E-state index in [1.807, 2.05) is 0 Å². The molecule has 0 radical (unpaired) electrons. The number of rotatable bonds is 1. The molecule has 13 heavy (non-hydrogen) atoms. The molecule has 0 saturated carbocycles. The zero-order valence-electron chi connectivity index (χ0n) is 5.83. The van der Waals surface area contributed by atoms with Crippen LogP contribution in [0, 0.1) is 0 Å². The first-order valence-corrected chi connectivity index (χ1v) is 4.56. The Labute approximate surface area is 82.5 Å². The first-order chi connectivity index (χ1) is 5.75. The average Bonchev–Trinajstić information content (AvgIpc) is 2.33. The standard InChI is InChI=1S/C6H2BrF5S/c7-4-2-1-3(13-4)5(8,9)6(10,11)12/h1-2H. The van der Waals surface area contributed by atoms with E-state index in [9.17, 15) is 22.0 Å². The van der Waals surface area contributed by atoms with Crippen molar-refractivity contribution < 1.29 is 22.0 Å². The fourth-order valence-electron chi connectivity index (χ4n) is 0.623. The first kappa shape index (κ1) is 10.9. The Balaban J connectivity index is 3.07. The predicted molar refractivity (Wildman–Crippen MR) is 42.0 cm³/mol. The third kappa shape index (κ3) is 2.01. The molecule has 0 aliphatic heterocycles. The molecule has 0 aliphatic carbocycles. The van der Waals surface area contributed by atoms with Gasteiger partial charge in [0, 0.05) is 0 Å². The van der Waals surface area contributed by atoms with Crippen molar-refractivity contribution in [3.63, 3.8) is 0 Å². The van der Waals surface area contributed by atoms with Crippen molar-refractivity contribution in [2.45, 2.75) is 12.1 Å². The fourth-order valence-corrected chi connectivity index (χ4v) is 2.00. The smallest absolute Gasteiger partial charge is 0.190 e. The number of thiophene rings is 1. The Morgan fingerprint density at radius 2 is 1.62 bits per heavy atom. The summed E-state index contributed by atoms with van der Waals surface area (Å²) in [5, 5.41) is 0. The van der Waals surface area contributed by atoms with Crippen LogP contribution >= 0.6 is 27.3 Å². The Kier molecular flexibility index (Phi) is 2.68. The quantitative estimate of drug-likeness (QED) is 0.678. The van der Waals surface area contributed by atoms with Crippen molar-refractivity contribution >= 4 is 27.3 Å². The third-order valence-corrected chi connectivity index (χ3v) is 2.93. The second-order valence-corrected chi connectivity index (χ2v) is 4.64. The van der Waals surface area contributed by atoms with Crippen LogP contribution in [0.4, 0.5) is 22.0 Å². The molecule has 1 heterocycles. The summed E-state index contributed by atoms with van der Waals surface area (Å²) in [7, 11) is 0. The van der Waals surface area contributed by atoms with E-state index >= 15 is 0 Å². The molecule has 1 aromatic rings. The fraction of sp³-hybridized carbons (Fsp3) is 0.333. The van der Waals surface area contributed by atoms with Gasteiger partial charge in [-0.05, 0) is 28.1 Å². The zero-order valence-corrected chi connectivity index (χ0v) is 8.23. The van der Waals surface area contributed by atoms with Gasteiger partial charge in [0.05, 0.1) is 8.66 Å². The van der Waals surface area contributed by atoms with E-state index in [2.05, 4.69) is 15.9 Å². The highest BCUT2D eigenvalue weighted by atomic mass is 79.9. The monoisotopic (exact) mass is 280 g/mol. The zero-order chi connectivity index (χ0) is 10.3. The van der Waals surface area contributed by atoms with E-state index in [1.54, 1.807) is 0 Å². The van der Waals surface area contributed by atoms with Gasteiger partial charge < -0.3 is 0 Å². The molecule has 0 amide bonds. The van der Waals surface area contributed by atoms with E-state index < -0.39 is 17.0 Å². The van der Waals surface area contributed by atoms with Crippen LogP contribution in [0.1, 0.15) is 4.88 Å². The van der Waals surface area contributed by atoms with Gasteiger partial charge in [-0.15, -0.1) is 11.3 Å². The van der Waals surface area contributed by atoms with Crippen LogP contribution in [0.3, 0.4) is 0 Å². The highest BCUT2D eigenvalue weighted by Crippen LogP contribution is 2.46. The second-order valence-electron chi connectivity index (χ2n) is 2.18. The SMILES string of the molecule is FC(F)(F)C(F)(F)c1ccc(Br)s1. The summed E-state index contributed by atoms with van der Waals surface area (Å²) in [5.41, 5.74) is 0. The summed E-state index contributed by atoms with van der Waals surface area (Å²) in [6.45, 7) is 0. The second kappa shape index (κ2) is 3.20. The van der Waals surface area contributed by atoms with Gasteiger partial charge in [-0.2, -0.15) is 22.0 Å². The van der Waals surface area contributed by atoms with Crippen molar-refractivity contribution in [1.82, 2.24) is 0 Å². The topological polar surface area (TPSA) is 0 Å². The van der Waals surface area contributed by atoms with Crippen LogP contribution in [-0.2, 0) is 5.92 Å². The molecule has 0 N–H and O–H groups in total. The maximum absolute atomic E-state index is 12.5. The number of alkyl halides is 5. The van der Waals surface area contributed by atoms with Crippen LogP contribution in [0.25, 0.3) is 0 Å². The van der Waals surface area contributed by atoms with Crippen LogP contribution in [0.2, 0.25) is 0 Å². The van der Waals surface area contributed by atoms with Crippen molar-refractivity contribution in [2.75, 3.05) is 0 Å². The normalized spacial score (nSPS) is 13.4. The Morgan fingerprint density at radius 3 is 1.92 bits per heavy atom. The predicted octanol–water partition coefficient (Wildman–Crippen LogP) is 4.16.